The first-order chi connectivity index (χ1) is 3.56. The topological polar surface area (TPSA) is 40.5 Å². The molecule has 0 atom stereocenters. The van der Waals surface area contributed by atoms with E-state index < -0.39 is 4.48 Å². The van der Waals surface area contributed by atoms with E-state index in [9.17, 15) is 0 Å². The van der Waals surface area contributed by atoms with Crippen LogP contribution >= 0.6 is 0 Å². The fourth-order valence-electron chi connectivity index (χ4n) is 0.458. The largest absolute Gasteiger partial charge is 0.307 e. The summed E-state index contributed by atoms with van der Waals surface area (Å²) in [7, 11) is 0.391. The van der Waals surface area contributed by atoms with Gasteiger partial charge in [-0.15, -0.1) is 4.48 Å². The highest BCUT2D eigenvalue weighted by atomic mass is 28.2. The summed E-state index contributed by atoms with van der Waals surface area (Å²) in [6.07, 6.45) is 1.90. The van der Waals surface area contributed by atoms with Crippen LogP contribution in [0.2, 0.25) is 0 Å². The predicted molar refractivity (Wildman–Crippen MR) is 33.5 cm³/mol. The lowest BCUT2D eigenvalue weighted by Gasteiger charge is -2.15. The summed E-state index contributed by atoms with van der Waals surface area (Å²) in [4.78, 5) is 0. The van der Waals surface area contributed by atoms with Crippen molar-refractivity contribution in [2.75, 3.05) is 6.54 Å². The van der Waals surface area contributed by atoms with Gasteiger partial charge in [0.05, 0.1) is 0 Å². The van der Waals surface area contributed by atoms with Crippen molar-refractivity contribution < 1.29 is 14.9 Å². The highest BCUT2D eigenvalue weighted by molar-refractivity contribution is 5.96. The Morgan fingerprint density at radius 3 is 2.12 bits per heavy atom. The lowest BCUT2D eigenvalue weighted by molar-refractivity contribution is -1.16. The zero-order valence-electron chi connectivity index (χ0n) is 5.46. The van der Waals surface area contributed by atoms with Crippen LogP contribution < -0.4 is 0 Å². The number of hydroxylamine groups is 2. The molecule has 0 bridgehead atoms. The Labute approximate surface area is 52.6 Å². The van der Waals surface area contributed by atoms with Gasteiger partial charge in [-0.05, 0) is 0 Å². The van der Waals surface area contributed by atoms with Crippen molar-refractivity contribution in [3.63, 3.8) is 0 Å². The smallest absolute Gasteiger partial charge is 0.202 e. The Morgan fingerprint density at radius 1 is 1.50 bits per heavy atom. The third-order valence-corrected chi connectivity index (χ3v) is 1.38. The summed E-state index contributed by atoms with van der Waals surface area (Å²) in [5.41, 5.74) is 0. The standard InChI is InChI=1S/C4H14NO2Si/c1-2-3-4-5(6,7)8/h6-7H,2-4H2,1,8H3/q+1. The SMILES string of the molecule is CCCC[N+](O)(O)[SiH3]. The second-order valence-electron chi connectivity index (χ2n) is 2.17. The van der Waals surface area contributed by atoms with Crippen LogP contribution in [0.25, 0.3) is 0 Å². The molecule has 0 fully saturated rings. The van der Waals surface area contributed by atoms with Crippen molar-refractivity contribution in [1.82, 2.24) is 0 Å². The van der Waals surface area contributed by atoms with Gasteiger partial charge < -0.3 is 0 Å². The van der Waals surface area contributed by atoms with Crippen molar-refractivity contribution >= 4 is 10.4 Å². The van der Waals surface area contributed by atoms with Crippen LogP contribution in [0, 0.1) is 0 Å². The highest BCUT2D eigenvalue weighted by Gasteiger charge is 2.10. The predicted octanol–water partition coefficient (Wildman–Crippen LogP) is -0.338. The number of hydrogen-bond acceptors (Lipinski definition) is 2. The monoisotopic (exact) mass is 136 g/mol. The molecule has 0 aromatic rings. The minimum absolute atomic E-state index is 0.391. The fourth-order valence-corrected chi connectivity index (χ4v) is 0.774. The van der Waals surface area contributed by atoms with E-state index >= 15 is 0 Å². The van der Waals surface area contributed by atoms with Crippen LogP contribution in [-0.2, 0) is 0 Å². The first-order valence-electron chi connectivity index (χ1n) is 2.87. The zero-order chi connectivity index (χ0) is 6.62. The summed E-state index contributed by atoms with van der Waals surface area (Å²) < 4.78 is -0.756. The normalized spacial score (nSPS) is 12.4. The van der Waals surface area contributed by atoms with E-state index in [-0.39, 0.29) is 0 Å². The zero-order valence-corrected chi connectivity index (χ0v) is 7.46. The molecular weight excluding hydrogens is 122 g/mol. The molecule has 0 aromatic heterocycles. The molecule has 3 nitrogen and oxygen atoms in total. The minimum Gasteiger partial charge on any atom is -0.202 e. The number of hydrogen-bond donors (Lipinski definition) is 2. The lowest BCUT2D eigenvalue weighted by Crippen LogP contribution is -2.38. The molecule has 0 saturated carbocycles. The summed E-state index contributed by atoms with van der Waals surface area (Å²) >= 11 is 0. The maximum atomic E-state index is 8.70. The molecule has 4 heteroatoms. The summed E-state index contributed by atoms with van der Waals surface area (Å²) in [5.74, 6) is 0. The van der Waals surface area contributed by atoms with Crippen molar-refractivity contribution in [1.29, 1.82) is 0 Å². The van der Waals surface area contributed by atoms with Gasteiger partial charge in [0.1, 0.15) is 6.54 Å². The molecule has 0 amide bonds. The van der Waals surface area contributed by atoms with Gasteiger partial charge in [-0.2, -0.15) is 0 Å². The van der Waals surface area contributed by atoms with Crippen molar-refractivity contribution in [2.24, 2.45) is 0 Å². The molecule has 0 aliphatic heterocycles. The van der Waals surface area contributed by atoms with Crippen LogP contribution in [0.3, 0.4) is 0 Å². The molecule has 0 spiro atoms. The molecule has 0 heterocycles. The highest BCUT2D eigenvalue weighted by Crippen LogP contribution is 1.93. The van der Waals surface area contributed by atoms with E-state index in [4.69, 9.17) is 10.4 Å². The number of unbranched alkanes of at least 4 members (excludes halogenated alkanes) is 1. The summed E-state index contributed by atoms with van der Waals surface area (Å²) in [5, 5.41) is 17.4. The van der Waals surface area contributed by atoms with Gasteiger partial charge in [0.25, 0.3) is 0 Å². The van der Waals surface area contributed by atoms with Crippen LogP contribution in [0.5, 0.6) is 0 Å². The molecule has 0 radical (unpaired) electrons. The quantitative estimate of drug-likeness (QED) is 0.412. The fraction of sp³-hybridized carbons (Fsp3) is 1.00. The first-order valence-corrected chi connectivity index (χ1v) is 3.76. The molecule has 8 heavy (non-hydrogen) atoms. The van der Waals surface area contributed by atoms with E-state index in [1.54, 1.807) is 0 Å². The molecule has 0 rings (SSSR count). The van der Waals surface area contributed by atoms with Crippen LogP contribution in [0.4, 0.5) is 0 Å². The molecule has 0 saturated heterocycles. The van der Waals surface area contributed by atoms with Crippen molar-refractivity contribution in [3.05, 3.63) is 0 Å². The third-order valence-electron chi connectivity index (χ3n) is 0.935. The Balaban J connectivity index is 3.11. The van der Waals surface area contributed by atoms with Gasteiger partial charge in [0.2, 0.25) is 0 Å². The molecule has 2 N–H and O–H groups in total. The van der Waals surface area contributed by atoms with Gasteiger partial charge in [-0.1, -0.05) is 13.3 Å². The summed E-state index contributed by atoms with van der Waals surface area (Å²) in [6.45, 7) is 2.50. The Bertz CT molecular complexity index is 61.5. The molecule has 0 aliphatic carbocycles. The first kappa shape index (κ1) is 8.10. The third kappa shape index (κ3) is 6.10. The van der Waals surface area contributed by atoms with E-state index in [1.807, 2.05) is 6.92 Å². The van der Waals surface area contributed by atoms with Crippen LogP contribution in [0.15, 0.2) is 0 Å². The average Bonchev–Trinajstić information content (AvgIpc) is 1.59. The second kappa shape index (κ2) is 3.19. The maximum absolute atomic E-state index is 8.70. The Hall–Kier alpha value is 0.0969. The Morgan fingerprint density at radius 2 is 2.00 bits per heavy atom. The molecule has 0 aromatic carbocycles. The maximum Gasteiger partial charge on any atom is 0.307 e. The Kier molecular flexibility index (Phi) is 3.23. The van der Waals surface area contributed by atoms with Gasteiger partial charge in [0.15, 0.2) is 0 Å². The van der Waals surface area contributed by atoms with Gasteiger partial charge >= 0.3 is 10.4 Å². The van der Waals surface area contributed by atoms with Gasteiger partial charge in [-0.3, -0.25) is 0 Å². The summed E-state index contributed by atoms with van der Waals surface area (Å²) in [6, 6.07) is 0. The van der Waals surface area contributed by atoms with Crippen molar-refractivity contribution in [2.45, 2.75) is 19.8 Å². The van der Waals surface area contributed by atoms with E-state index in [2.05, 4.69) is 0 Å². The molecular formula is C4H14NO2Si+. The number of nitrogens with zero attached hydrogens (tertiary/aromatic N) is 1. The second-order valence-corrected chi connectivity index (χ2v) is 3.60. The minimum atomic E-state index is -0.756. The van der Waals surface area contributed by atoms with E-state index in [1.165, 1.54) is 0 Å². The molecule has 0 aliphatic rings. The average molecular weight is 136 g/mol. The molecule has 50 valence electrons. The number of rotatable bonds is 3. The van der Waals surface area contributed by atoms with Gasteiger partial charge in [0, 0.05) is 6.42 Å². The van der Waals surface area contributed by atoms with E-state index in [0.29, 0.717) is 16.9 Å². The molecule has 0 unspecified atom stereocenters. The van der Waals surface area contributed by atoms with Gasteiger partial charge in [-0.25, -0.2) is 10.4 Å². The van der Waals surface area contributed by atoms with Crippen LogP contribution in [-0.4, -0.2) is 31.8 Å². The van der Waals surface area contributed by atoms with Crippen LogP contribution in [0.1, 0.15) is 19.8 Å². The van der Waals surface area contributed by atoms with E-state index in [0.717, 1.165) is 12.8 Å². The lowest BCUT2D eigenvalue weighted by atomic mass is 10.3. The van der Waals surface area contributed by atoms with Crippen molar-refractivity contribution in [3.8, 4) is 0 Å². The number of quaternary nitrogens is 1.